The van der Waals surface area contributed by atoms with Crippen LogP contribution >= 0.6 is 24.0 Å². The van der Waals surface area contributed by atoms with Crippen LogP contribution in [0.4, 0.5) is 0 Å². The van der Waals surface area contributed by atoms with Crippen molar-refractivity contribution < 1.29 is 4.79 Å². The van der Waals surface area contributed by atoms with Crippen molar-refractivity contribution in [1.29, 1.82) is 0 Å². The van der Waals surface area contributed by atoms with E-state index in [4.69, 9.17) is 11.6 Å². The first-order chi connectivity index (χ1) is 9.24. The second-order valence-corrected chi connectivity index (χ2v) is 5.56. The van der Waals surface area contributed by atoms with Crippen LogP contribution < -0.4 is 10.6 Å². The Labute approximate surface area is 131 Å². The molecular formula is C15H22Cl2N2O. The summed E-state index contributed by atoms with van der Waals surface area (Å²) < 4.78 is 0. The van der Waals surface area contributed by atoms with Gasteiger partial charge in [-0.3, -0.25) is 4.79 Å². The van der Waals surface area contributed by atoms with Gasteiger partial charge in [-0.15, -0.1) is 12.4 Å². The van der Waals surface area contributed by atoms with Gasteiger partial charge in [0.25, 0.3) is 0 Å². The topological polar surface area (TPSA) is 41.1 Å². The normalized spacial score (nSPS) is 17.6. The molecule has 0 saturated carbocycles. The third kappa shape index (κ3) is 6.12. The smallest absolute Gasteiger partial charge is 0.220 e. The van der Waals surface area contributed by atoms with E-state index in [9.17, 15) is 4.79 Å². The molecule has 0 radical (unpaired) electrons. The Morgan fingerprint density at radius 2 is 2.10 bits per heavy atom. The van der Waals surface area contributed by atoms with Gasteiger partial charge in [-0.2, -0.15) is 0 Å². The molecule has 3 nitrogen and oxygen atoms in total. The third-order valence-electron chi connectivity index (χ3n) is 3.59. The van der Waals surface area contributed by atoms with Crippen LogP contribution in [0.2, 0.25) is 5.02 Å². The van der Waals surface area contributed by atoms with Crippen LogP contribution in [-0.2, 0) is 11.2 Å². The summed E-state index contributed by atoms with van der Waals surface area (Å²) in [5.74, 6) is 0.850. The standard InChI is InChI=1S/C15H21ClN2O.ClH/c16-14-4-1-12(2-5-14)8-10-18-15(19)6-3-13-7-9-17-11-13;/h1-2,4-5,13,17H,3,6-11H2,(H,18,19);1H. The molecule has 1 saturated heterocycles. The number of amides is 1. The maximum absolute atomic E-state index is 11.7. The molecule has 1 aliphatic rings. The van der Waals surface area contributed by atoms with Crippen LogP contribution in [0, 0.1) is 5.92 Å². The van der Waals surface area contributed by atoms with Crippen LogP contribution in [0.5, 0.6) is 0 Å². The van der Waals surface area contributed by atoms with Gasteiger partial charge in [-0.05, 0) is 56.0 Å². The highest BCUT2D eigenvalue weighted by Gasteiger charge is 2.15. The fourth-order valence-electron chi connectivity index (χ4n) is 2.38. The first kappa shape index (κ1) is 17.3. The van der Waals surface area contributed by atoms with E-state index in [-0.39, 0.29) is 18.3 Å². The number of halogens is 2. The summed E-state index contributed by atoms with van der Waals surface area (Å²) in [5, 5.41) is 7.05. The number of nitrogens with one attached hydrogen (secondary N) is 2. The predicted molar refractivity (Wildman–Crippen MR) is 85.6 cm³/mol. The molecule has 1 atom stereocenters. The van der Waals surface area contributed by atoms with Gasteiger partial charge >= 0.3 is 0 Å². The monoisotopic (exact) mass is 316 g/mol. The summed E-state index contributed by atoms with van der Waals surface area (Å²) in [6, 6.07) is 7.76. The minimum atomic E-state index is 0. The van der Waals surface area contributed by atoms with Gasteiger partial charge in [0.2, 0.25) is 5.91 Å². The fraction of sp³-hybridized carbons (Fsp3) is 0.533. The van der Waals surface area contributed by atoms with Crippen molar-refractivity contribution in [3.8, 4) is 0 Å². The van der Waals surface area contributed by atoms with E-state index in [1.54, 1.807) is 0 Å². The van der Waals surface area contributed by atoms with Crippen molar-refractivity contribution in [1.82, 2.24) is 10.6 Å². The van der Waals surface area contributed by atoms with Crippen molar-refractivity contribution in [3.63, 3.8) is 0 Å². The molecule has 5 heteroatoms. The van der Waals surface area contributed by atoms with Gasteiger partial charge in [0.05, 0.1) is 0 Å². The van der Waals surface area contributed by atoms with E-state index < -0.39 is 0 Å². The minimum Gasteiger partial charge on any atom is -0.356 e. The van der Waals surface area contributed by atoms with Crippen molar-refractivity contribution in [3.05, 3.63) is 34.9 Å². The lowest BCUT2D eigenvalue weighted by atomic mass is 10.0. The number of hydrogen-bond acceptors (Lipinski definition) is 2. The number of carbonyl (C=O) groups is 1. The van der Waals surface area contributed by atoms with Crippen LogP contribution in [0.3, 0.4) is 0 Å². The molecule has 1 unspecified atom stereocenters. The van der Waals surface area contributed by atoms with Crippen molar-refractivity contribution in [2.24, 2.45) is 5.92 Å². The average molecular weight is 317 g/mol. The van der Waals surface area contributed by atoms with Gasteiger partial charge in [0.15, 0.2) is 0 Å². The molecule has 2 rings (SSSR count). The lowest BCUT2D eigenvalue weighted by Crippen LogP contribution is -2.26. The van der Waals surface area contributed by atoms with Crippen LogP contribution in [0.15, 0.2) is 24.3 Å². The molecule has 0 spiro atoms. The lowest BCUT2D eigenvalue weighted by molar-refractivity contribution is -0.121. The lowest BCUT2D eigenvalue weighted by Gasteiger charge is -2.08. The molecule has 112 valence electrons. The molecular weight excluding hydrogens is 295 g/mol. The molecule has 0 bridgehead atoms. The second-order valence-electron chi connectivity index (χ2n) is 5.12. The molecule has 1 amide bonds. The fourth-order valence-corrected chi connectivity index (χ4v) is 2.51. The molecule has 1 aromatic carbocycles. The van der Waals surface area contributed by atoms with Crippen molar-refractivity contribution >= 4 is 29.9 Å². The third-order valence-corrected chi connectivity index (χ3v) is 3.84. The van der Waals surface area contributed by atoms with Crippen molar-refractivity contribution in [2.45, 2.75) is 25.7 Å². The van der Waals surface area contributed by atoms with Crippen LogP contribution in [0.1, 0.15) is 24.8 Å². The van der Waals surface area contributed by atoms with E-state index in [1.807, 2.05) is 24.3 Å². The van der Waals surface area contributed by atoms with E-state index >= 15 is 0 Å². The van der Waals surface area contributed by atoms with Crippen molar-refractivity contribution in [2.75, 3.05) is 19.6 Å². The summed E-state index contributed by atoms with van der Waals surface area (Å²) in [7, 11) is 0. The first-order valence-electron chi connectivity index (χ1n) is 6.96. The second kappa shape index (κ2) is 9.22. The summed E-state index contributed by atoms with van der Waals surface area (Å²) >= 11 is 5.82. The highest BCUT2D eigenvalue weighted by atomic mass is 35.5. The van der Waals surface area contributed by atoms with E-state index in [0.717, 1.165) is 31.0 Å². The molecule has 1 aromatic rings. The first-order valence-corrected chi connectivity index (χ1v) is 7.33. The summed E-state index contributed by atoms with van der Waals surface area (Å²) in [6.07, 6.45) is 3.71. The maximum atomic E-state index is 11.7. The minimum absolute atomic E-state index is 0. The van der Waals surface area contributed by atoms with Crippen LogP contribution in [0.25, 0.3) is 0 Å². The summed E-state index contributed by atoms with van der Waals surface area (Å²) in [5.41, 5.74) is 1.20. The number of rotatable bonds is 6. The molecule has 1 fully saturated rings. The predicted octanol–water partition coefficient (Wildman–Crippen LogP) is 2.81. The molecule has 2 N–H and O–H groups in total. The van der Waals surface area contributed by atoms with Gasteiger partial charge in [-0.25, -0.2) is 0 Å². The van der Waals surface area contributed by atoms with E-state index in [2.05, 4.69) is 10.6 Å². The van der Waals surface area contributed by atoms with Gasteiger partial charge < -0.3 is 10.6 Å². The Morgan fingerprint density at radius 3 is 2.75 bits per heavy atom. The zero-order valence-corrected chi connectivity index (χ0v) is 13.1. The van der Waals surface area contributed by atoms with Gasteiger partial charge in [-0.1, -0.05) is 23.7 Å². The van der Waals surface area contributed by atoms with Crippen LogP contribution in [-0.4, -0.2) is 25.5 Å². The number of carbonyl (C=O) groups excluding carboxylic acids is 1. The Kier molecular flexibility index (Phi) is 7.97. The Bertz CT molecular complexity index is 403. The molecule has 20 heavy (non-hydrogen) atoms. The highest BCUT2D eigenvalue weighted by molar-refractivity contribution is 6.30. The summed E-state index contributed by atoms with van der Waals surface area (Å²) in [6.45, 7) is 2.87. The SMILES string of the molecule is Cl.O=C(CCC1CCNC1)NCCc1ccc(Cl)cc1. The zero-order valence-electron chi connectivity index (χ0n) is 11.5. The molecule has 0 aliphatic carbocycles. The Hall–Kier alpha value is -0.770. The molecule has 0 aromatic heterocycles. The number of hydrogen-bond donors (Lipinski definition) is 2. The van der Waals surface area contributed by atoms with E-state index in [1.165, 1.54) is 12.0 Å². The van der Waals surface area contributed by atoms with Gasteiger partial charge in [0, 0.05) is 18.0 Å². The molecule has 1 aliphatic heterocycles. The quantitative estimate of drug-likeness (QED) is 0.847. The highest BCUT2D eigenvalue weighted by Crippen LogP contribution is 2.14. The number of benzene rings is 1. The maximum Gasteiger partial charge on any atom is 0.220 e. The zero-order chi connectivity index (χ0) is 13.5. The Morgan fingerprint density at radius 1 is 1.35 bits per heavy atom. The molecule has 1 heterocycles. The van der Waals surface area contributed by atoms with Gasteiger partial charge in [0.1, 0.15) is 0 Å². The largest absolute Gasteiger partial charge is 0.356 e. The Balaban J connectivity index is 0.00000200. The summed E-state index contributed by atoms with van der Waals surface area (Å²) in [4.78, 5) is 11.7. The van der Waals surface area contributed by atoms with E-state index in [0.29, 0.717) is 18.9 Å². The average Bonchev–Trinajstić information content (AvgIpc) is 2.92.